The largest absolute Gasteiger partial charge is 0.368 e. The van der Waals surface area contributed by atoms with Gasteiger partial charge in [-0.15, -0.1) is 11.8 Å². The number of hydrogen-bond donors (Lipinski definition) is 0. The minimum atomic E-state index is -0.462. The van der Waals surface area contributed by atoms with Crippen LogP contribution in [-0.4, -0.2) is 41.2 Å². The van der Waals surface area contributed by atoms with Crippen molar-refractivity contribution in [2.75, 3.05) is 6.61 Å². The quantitative estimate of drug-likeness (QED) is 0.252. The zero-order valence-corrected chi connectivity index (χ0v) is 25.5. The van der Waals surface area contributed by atoms with Gasteiger partial charge in [0.1, 0.15) is 29.9 Å². The molecule has 9 rings (SSSR count). The van der Waals surface area contributed by atoms with E-state index in [-0.39, 0.29) is 34.6 Å². The van der Waals surface area contributed by atoms with Gasteiger partial charge in [0.2, 0.25) is 0 Å². The predicted octanol–water partition coefficient (Wildman–Crippen LogP) is 7.70. The Bertz CT molecular complexity index is 1300. The van der Waals surface area contributed by atoms with E-state index in [0.717, 1.165) is 34.4 Å². The molecule has 1 unspecified atom stereocenters. The third kappa shape index (κ3) is 6.07. The minimum absolute atomic E-state index is 0.150. The summed E-state index contributed by atoms with van der Waals surface area (Å²) in [6.07, 6.45) is 6.63. The molecule has 0 radical (unpaired) electrons. The molecule has 2 saturated heterocycles. The van der Waals surface area contributed by atoms with Crippen molar-refractivity contribution < 1.29 is 23.7 Å². The van der Waals surface area contributed by atoms with Crippen LogP contribution in [0.1, 0.15) is 61.5 Å². The van der Waals surface area contributed by atoms with Gasteiger partial charge in [0.15, 0.2) is 6.29 Å². The maximum atomic E-state index is 7.00. The smallest absolute Gasteiger partial charge is 0.184 e. The zero-order valence-electron chi connectivity index (χ0n) is 24.7. The van der Waals surface area contributed by atoms with Crippen molar-refractivity contribution in [2.24, 2.45) is 17.8 Å². The Morgan fingerprint density at radius 1 is 0.651 bits per heavy atom. The molecule has 0 spiro atoms. The SMILES string of the molecule is c1ccc(CO[C@H]2[C@@H]3OC(c4ccccc4)OC[C@H]3O[C@@H](SC34CC5CC(CC(C5)C3)C4)[C@H]2OCc2ccccc2)cc1. The molecule has 6 aliphatic rings. The Labute approximate surface area is 259 Å². The summed E-state index contributed by atoms with van der Waals surface area (Å²) < 4.78 is 34.1. The van der Waals surface area contributed by atoms with Crippen LogP contribution in [0.15, 0.2) is 91.0 Å². The molecule has 226 valence electrons. The van der Waals surface area contributed by atoms with E-state index < -0.39 is 6.29 Å². The lowest BCUT2D eigenvalue weighted by Gasteiger charge is -2.58. The number of benzene rings is 3. The highest BCUT2D eigenvalue weighted by atomic mass is 32.2. The fourth-order valence-electron chi connectivity index (χ4n) is 8.74. The summed E-state index contributed by atoms with van der Waals surface area (Å²) in [5.41, 5.74) is 3.15. The first-order valence-electron chi connectivity index (χ1n) is 16.2. The van der Waals surface area contributed by atoms with Crippen molar-refractivity contribution in [1.29, 1.82) is 0 Å². The van der Waals surface area contributed by atoms with Crippen molar-refractivity contribution in [3.8, 4) is 0 Å². The summed E-state index contributed by atoms with van der Waals surface area (Å²) in [4.78, 5) is 0. The molecule has 3 aromatic rings. The zero-order chi connectivity index (χ0) is 28.6. The van der Waals surface area contributed by atoms with E-state index in [0.29, 0.717) is 19.8 Å². The molecule has 43 heavy (non-hydrogen) atoms. The van der Waals surface area contributed by atoms with Crippen LogP contribution in [0.4, 0.5) is 0 Å². The van der Waals surface area contributed by atoms with Crippen LogP contribution in [0, 0.1) is 17.8 Å². The standard InChI is InChI=1S/C37H42O5S/c1-4-10-25(11-5-1)22-38-33-32-31(24-40-35(42-32)30-14-8-3-9-15-30)41-36(34(33)39-23-26-12-6-2-7-13-26)43-37-19-27-16-28(20-37)18-29(17-27)21-37/h1-15,27-29,31-36H,16-24H2/t27?,28?,29?,31-,32-,33+,34+,35?,36+,37?/m1/s1. The molecular formula is C37H42O5S. The molecule has 3 aromatic carbocycles. The van der Waals surface area contributed by atoms with Crippen molar-refractivity contribution in [2.45, 2.75) is 92.6 Å². The first-order chi connectivity index (χ1) is 21.2. The van der Waals surface area contributed by atoms with Crippen molar-refractivity contribution >= 4 is 11.8 Å². The van der Waals surface area contributed by atoms with Crippen LogP contribution in [0.25, 0.3) is 0 Å². The van der Waals surface area contributed by atoms with E-state index in [9.17, 15) is 0 Å². The number of fused-ring (bicyclic) bond motifs is 1. The van der Waals surface area contributed by atoms with Crippen LogP contribution in [-0.2, 0) is 36.9 Å². The highest BCUT2D eigenvalue weighted by molar-refractivity contribution is 8.01. The highest BCUT2D eigenvalue weighted by Gasteiger charge is 2.57. The summed E-state index contributed by atoms with van der Waals surface area (Å²) in [6.45, 7) is 1.47. The van der Waals surface area contributed by atoms with Crippen LogP contribution in [0.3, 0.4) is 0 Å². The average Bonchev–Trinajstić information content (AvgIpc) is 3.03. The Morgan fingerprint density at radius 3 is 1.77 bits per heavy atom. The molecule has 6 heteroatoms. The lowest BCUT2D eigenvalue weighted by molar-refractivity contribution is -0.329. The third-order valence-electron chi connectivity index (χ3n) is 10.3. The molecule has 6 atom stereocenters. The van der Waals surface area contributed by atoms with Crippen LogP contribution < -0.4 is 0 Å². The second-order valence-corrected chi connectivity index (χ2v) is 15.0. The molecule has 2 heterocycles. The maximum absolute atomic E-state index is 7.00. The highest BCUT2D eigenvalue weighted by Crippen LogP contribution is 2.62. The van der Waals surface area contributed by atoms with Gasteiger partial charge in [-0.25, -0.2) is 0 Å². The fourth-order valence-corrected chi connectivity index (χ4v) is 10.8. The molecule has 0 aromatic heterocycles. The number of ether oxygens (including phenoxy) is 5. The first kappa shape index (κ1) is 28.3. The van der Waals surface area contributed by atoms with Gasteiger partial charge in [0.25, 0.3) is 0 Å². The average molecular weight is 599 g/mol. The van der Waals surface area contributed by atoms with E-state index in [4.69, 9.17) is 23.7 Å². The van der Waals surface area contributed by atoms with E-state index in [2.05, 4.69) is 78.5 Å². The van der Waals surface area contributed by atoms with Gasteiger partial charge in [-0.2, -0.15) is 0 Å². The second kappa shape index (κ2) is 12.3. The monoisotopic (exact) mass is 598 g/mol. The molecule has 6 fully saturated rings. The number of thioether (sulfide) groups is 1. The van der Waals surface area contributed by atoms with Gasteiger partial charge < -0.3 is 23.7 Å². The van der Waals surface area contributed by atoms with Gasteiger partial charge in [0.05, 0.1) is 19.8 Å². The number of hydrogen-bond acceptors (Lipinski definition) is 6. The summed E-state index contributed by atoms with van der Waals surface area (Å²) >= 11 is 2.06. The van der Waals surface area contributed by atoms with E-state index in [1.807, 2.05) is 24.3 Å². The van der Waals surface area contributed by atoms with Gasteiger partial charge >= 0.3 is 0 Å². The first-order valence-corrected chi connectivity index (χ1v) is 17.0. The normalized spacial score (nSPS) is 38.1. The van der Waals surface area contributed by atoms with E-state index in [1.165, 1.54) is 38.5 Å². The third-order valence-corrected chi connectivity index (χ3v) is 11.9. The summed E-state index contributed by atoms with van der Waals surface area (Å²) in [7, 11) is 0. The summed E-state index contributed by atoms with van der Waals surface area (Å²) in [5.74, 6) is 2.62. The topological polar surface area (TPSA) is 46.2 Å². The van der Waals surface area contributed by atoms with E-state index >= 15 is 0 Å². The predicted molar refractivity (Wildman–Crippen MR) is 167 cm³/mol. The van der Waals surface area contributed by atoms with E-state index in [1.54, 1.807) is 0 Å². The Hall–Kier alpha value is -2.19. The van der Waals surface area contributed by atoms with Crippen molar-refractivity contribution in [3.63, 3.8) is 0 Å². The lowest BCUT2D eigenvalue weighted by Crippen LogP contribution is -2.63. The molecule has 4 saturated carbocycles. The Kier molecular flexibility index (Phi) is 8.10. The van der Waals surface area contributed by atoms with Gasteiger partial charge in [-0.3, -0.25) is 0 Å². The molecular weight excluding hydrogens is 556 g/mol. The number of rotatable bonds is 9. The van der Waals surface area contributed by atoms with Crippen LogP contribution in [0.2, 0.25) is 0 Å². The van der Waals surface area contributed by atoms with Crippen LogP contribution >= 0.6 is 11.8 Å². The lowest BCUT2D eigenvalue weighted by atomic mass is 9.56. The minimum Gasteiger partial charge on any atom is -0.368 e. The molecule has 4 bridgehead atoms. The Balaban J connectivity index is 1.10. The summed E-state index contributed by atoms with van der Waals surface area (Å²) in [5, 5.41) is 0. The maximum Gasteiger partial charge on any atom is 0.184 e. The molecule has 5 nitrogen and oxygen atoms in total. The van der Waals surface area contributed by atoms with Crippen LogP contribution in [0.5, 0.6) is 0 Å². The van der Waals surface area contributed by atoms with Gasteiger partial charge in [-0.05, 0) is 67.4 Å². The van der Waals surface area contributed by atoms with Gasteiger partial charge in [-0.1, -0.05) is 91.0 Å². The van der Waals surface area contributed by atoms with Crippen molar-refractivity contribution in [1.82, 2.24) is 0 Å². The van der Waals surface area contributed by atoms with Gasteiger partial charge in [0, 0.05) is 10.3 Å². The molecule has 0 amide bonds. The van der Waals surface area contributed by atoms with Crippen molar-refractivity contribution in [3.05, 3.63) is 108 Å². The fraction of sp³-hybridized carbons (Fsp3) is 0.514. The Morgan fingerprint density at radius 2 is 1.19 bits per heavy atom. The summed E-state index contributed by atoms with van der Waals surface area (Å²) in [6, 6.07) is 31.1. The molecule has 4 aliphatic carbocycles. The molecule has 2 aliphatic heterocycles. The second-order valence-electron chi connectivity index (χ2n) is 13.5. The molecule has 0 N–H and O–H groups in total.